The number of carbonyl (C=O) groups excluding carboxylic acids is 3. The van der Waals surface area contributed by atoms with E-state index >= 15 is 0 Å². The Morgan fingerprint density at radius 2 is 1.96 bits per heavy atom. The number of carbonyl (C=O) groups is 3. The van der Waals surface area contributed by atoms with Crippen LogP contribution in [0.1, 0.15) is 19.3 Å². The van der Waals surface area contributed by atoms with Gasteiger partial charge in [-0.05, 0) is 18.9 Å². The third kappa shape index (κ3) is 3.74. The number of nitrogens with zero attached hydrogens (tertiary/aromatic N) is 3. The molecule has 0 aromatic carbocycles. The van der Waals surface area contributed by atoms with Crippen LogP contribution in [-0.2, 0) is 9.59 Å². The van der Waals surface area contributed by atoms with Gasteiger partial charge in [-0.1, -0.05) is 0 Å². The molecule has 0 unspecified atom stereocenters. The maximum Gasteiger partial charge on any atom is 0.322 e. The second-order valence-corrected chi connectivity index (χ2v) is 5.60. The average Bonchev–Trinajstić information content (AvgIpc) is 2.86. The molecule has 2 fully saturated rings. The predicted octanol–water partition coefficient (Wildman–Crippen LogP) is -0.840. The van der Waals surface area contributed by atoms with E-state index in [2.05, 4.69) is 30.8 Å². The standard InChI is InChI=1S/C14H18N6O3/c21-11(8-10-12(22)19-14(23)18-10)17-9-2-6-20(7-3-9)13-15-4-1-5-16-13/h1,4-5,9-10H,2-3,6-8H2,(H,17,21)(H2,18,19,22,23)/t10-/m0/s1. The summed E-state index contributed by atoms with van der Waals surface area (Å²) < 4.78 is 0. The number of nitrogens with one attached hydrogen (secondary N) is 3. The molecule has 3 N–H and O–H groups in total. The summed E-state index contributed by atoms with van der Waals surface area (Å²) >= 11 is 0. The van der Waals surface area contributed by atoms with Crippen molar-refractivity contribution in [2.45, 2.75) is 31.3 Å². The highest BCUT2D eigenvalue weighted by Gasteiger charge is 2.32. The Bertz CT molecular complexity index is 600. The summed E-state index contributed by atoms with van der Waals surface area (Å²) in [6.07, 6.45) is 4.94. The first-order chi connectivity index (χ1) is 11.1. The highest BCUT2D eigenvalue weighted by Crippen LogP contribution is 2.15. The Labute approximate surface area is 132 Å². The molecule has 2 aliphatic heterocycles. The summed E-state index contributed by atoms with van der Waals surface area (Å²) in [7, 11) is 0. The molecule has 9 nitrogen and oxygen atoms in total. The molecule has 0 radical (unpaired) electrons. The van der Waals surface area contributed by atoms with E-state index in [0.29, 0.717) is 5.95 Å². The molecule has 23 heavy (non-hydrogen) atoms. The Balaban J connectivity index is 1.44. The van der Waals surface area contributed by atoms with E-state index < -0.39 is 18.0 Å². The zero-order valence-corrected chi connectivity index (χ0v) is 12.5. The molecule has 2 aliphatic rings. The Morgan fingerprint density at radius 1 is 1.26 bits per heavy atom. The van der Waals surface area contributed by atoms with Crippen molar-refractivity contribution in [1.82, 2.24) is 25.9 Å². The fraction of sp³-hybridized carbons (Fsp3) is 0.500. The van der Waals surface area contributed by atoms with E-state index in [1.807, 2.05) is 0 Å². The molecule has 1 atom stereocenters. The van der Waals surface area contributed by atoms with Crippen LogP contribution in [0.5, 0.6) is 0 Å². The molecule has 1 aromatic rings. The minimum atomic E-state index is -0.777. The molecule has 3 heterocycles. The average molecular weight is 318 g/mol. The first-order valence-corrected chi connectivity index (χ1v) is 7.54. The van der Waals surface area contributed by atoms with Crippen LogP contribution in [0.25, 0.3) is 0 Å². The second kappa shape index (κ2) is 6.59. The maximum atomic E-state index is 12.0. The smallest absolute Gasteiger partial charge is 0.322 e. The van der Waals surface area contributed by atoms with Crippen molar-refractivity contribution >= 4 is 23.8 Å². The number of hydrogen-bond donors (Lipinski definition) is 3. The Hall–Kier alpha value is -2.71. The van der Waals surface area contributed by atoms with Crippen LogP contribution in [-0.4, -0.2) is 53.0 Å². The van der Waals surface area contributed by atoms with Gasteiger partial charge in [0.1, 0.15) is 6.04 Å². The minimum Gasteiger partial charge on any atom is -0.353 e. The Morgan fingerprint density at radius 3 is 2.57 bits per heavy atom. The van der Waals surface area contributed by atoms with E-state index in [1.54, 1.807) is 18.5 Å². The SMILES string of the molecule is O=C(C[C@@H]1NC(=O)NC1=O)NC1CCN(c2ncccn2)CC1. The van der Waals surface area contributed by atoms with Gasteiger partial charge in [-0.25, -0.2) is 14.8 Å². The summed E-state index contributed by atoms with van der Waals surface area (Å²) in [6.45, 7) is 1.52. The van der Waals surface area contributed by atoms with Gasteiger partial charge in [0.25, 0.3) is 5.91 Å². The highest BCUT2D eigenvalue weighted by atomic mass is 16.2. The van der Waals surface area contributed by atoms with Crippen LogP contribution in [0.3, 0.4) is 0 Å². The normalized spacial score (nSPS) is 21.7. The van der Waals surface area contributed by atoms with E-state index in [4.69, 9.17) is 0 Å². The second-order valence-electron chi connectivity index (χ2n) is 5.60. The molecule has 2 saturated heterocycles. The van der Waals surface area contributed by atoms with Crippen LogP contribution in [0.2, 0.25) is 0 Å². The Kier molecular flexibility index (Phi) is 4.35. The van der Waals surface area contributed by atoms with E-state index in [9.17, 15) is 14.4 Å². The van der Waals surface area contributed by atoms with E-state index in [1.165, 1.54) is 0 Å². The molecule has 1 aromatic heterocycles. The molecule has 3 rings (SSSR count). The zero-order valence-electron chi connectivity index (χ0n) is 12.5. The molecule has 122 valence electrons. The number of amides is 4. The molecule has 9 heteroatoms. The van der Waals surface area contributed by atoms with Crippen LogP contribution in [0.4, 0.5) is 10.7 Å². The van der Waals surface area contributed by atoms with Crippen LogP contribution >= 0.6 is 0 Å². The van der Waals surface area contributed by atoms with Crippen molar-refractivity contribution in [3.63, 3.8) is 0 Å². The number of imide groups is 1. The fourth-order valence-corrected chi connectivity index (χ4v) is 2.75. The number of aromatic nitrogens is 2. The molecule has 0 bridgehead atoms. The van der Waals surface area contributed by atoms with E-state index in [-0.39, 0.29) is 18.4 Å². The first-order valence-electron chi connectivity index (χ1n) is 7.54. The van der Waals surface area contributed by atoms with Gasteiger partial charge in [-0.3, -0.25) is 14.9 Å². The molecule has 0 saturated carbocycles. The topological polar surface area (TPSA) is 116 Å². The van der Waals surface area contributed by atoms with Gasteiger partial charge in [-0.2, -0.15) is 0 Å². The summed E-state index contributed by atoms with van der Waals surface area (Å²) in [5.41, 5.74) is 0. The third-order valence-corrected chi connectivity index (χ3v) is 3.94. The lowest BCUT2D eigenvalue weighted by molar-refractivity contribution is -0.126. The first kappa shape index (κ1) is 15.2. The highest BCUT2D eigenvalue weighted by molar-refractivity contribution is 6.05. The quantitative estimate of drug-likeness (QED) is 0.623. The number of urea groups is 1. The van der Waals surface area contributed by atoms with E-state index in [0.717, 1.165) is 25.9 Å². The number of anilines is 1. The van der Waals surface area contributed by atoms with Crippen LogP contribution < -0.4 is 20.9 Å². The summed E-state index contributed by atoms with van der Waals surface area (Å²) in [4.78, 5) is 44.9. The van der Waals surface area contributed by atoms with Crippen LogP contribution in [0, 0.1) is 0 Å². The van der Waals surface area contributed by atoms with Crippen molar-refractivity contribution in [2.75, 3.05) is 18.0 Å². The van der Waals surface area contributed by atoms with Gasteiger partial charge < -0.3 is 15.5 Å². The molecular weight excluding hydrogens is 300 g/mol. The van der Waals surface area contributed by atoms with Crippen molar-refractivity contribution in [3.05, 3.63) is 18.5 Å². The lowest BCUT2D eigenvalue weighted by Crippen LogP contribution is -2.46. The summed E-state index contributed by atoms with van der Waals surface area (Å²) in [5.74, 6) is 0.00516. The minimum absolute atomic E-state index is 0.0421. The van der Waals surface area contributed by atoms with Crippen molar-refractivity contribution in [1.29, 1.82) is 0 Å². The lowest BCUT2D eigenvalue weighted by atomic mass is 10.0. The van der Waals surface area contributed by atoms with Gasteiger partial charge in [0, 0.05) is 31.5 Å². The number of piperidine rings is 1. The van der Waals surface area contributed by atoms with Gasteiger partial charge >= 0.3 is 6.03 Å². The fourth-order valence-electron chi connectivity index (χ4n) is 2.75. The summed E-state index contributed by atoms with van der Waals surface area (Å²) in [6, 6.07) is 0.501. The zero-order chi connectivity index (χ0) is 16.2. The number of hydrogen-bond acceptors (Lipinski definition) is 6. The molecule has 0 aliphatic carbocycles. The van der Waals surface area contributed by atoms with Crippen molar-refractivity contribution in [2.24, 2.45) is 0 Å². The summed E-state index contributed by atoms with van der Waals surface area (Å²) in [5, 5.41) is 7.44. The van der Waals surface area contributed by atoms with Gasteiger partial charge in [0.15, 0.2) is 0 Å². The van der Waals surface area contributed by atoms with Gasteiger partial charge in [0.2, 0.25) is 11.9 Å². The van der Waals surface area contributed by atoms with Crippen molar-refractivity contribution in [3.8, 4) is 0 Å². The maximum absolute atomic E-state index is 12.0. The van der Waals surface area contributed by atoms with Gasteiger partial charge in [0.05, 0.1) is 6.42 Å². The largest absolute Gasteiger partial charge is 0.353 e. The molecular formula is C14H18N6O3. The van der Waals surface area contributed by atoms with Crippen molar-refractivity contribution < 1.29 is 14.4 Å². The molecule has 4 amide bonds. The van der Waals surface area contributed by atoms with Gasteiger partial charge in [-0.15, -0.1) is 0 Å². The predicted molar refractivity (Wildman–Crippen MR) is 80.5 cm³/mol. The monoisotopic (exact) mass is 318 g/mol. The lowest BCUT2D eigenvalue weighted by Gasteiger charge is -2.32. The number of rotatable bonds is 4. The molecule has 0 spiro atoms. The third-order valence-electron chi connectivity index (χ3n) is 3.94. The van der Waals surface area contributed by atoms with Crippen LogP contribution in [0.15, 0.2) is 18.5 Å².